The maximum absolute atomic E-state index is 11.7. The van der Waals surface area contributed by atoms with Crippen molar-refractivity contribution in [1.82, 2.24) is 15.5 Å². The number of aromatic nitrogens is 2. The van der Waals surface area contributed by atoms with Crippen molar-refractivity contribution < 1.29 is 14.1 Å². The lowest BCUT2D eigenvalue weighted by molar-refractivity contribution is 0.249. The summed E-state index contributed by atoms with van der Waals surface area (Å²) in [4.78, 5) is 15.6. The lowest BCUT2D eigenvalue weighted by Crippen LogP contribution is -2.28. The fourth-order valence-corrected chi connectivity index (χ4v) is 1.54. The molecule has 0 saturated heterocycles. The van der Waals surface area contributed by atoms with E-state index in [-0.39, 0.29) is 12.6 Å². The van der Waals surface area contributed by atoms with E-state index < -0.39 is 0 Å². The van der Waals surface area contributed by atoms with Crippen LogP contribution >= 0.6 is 0 Å². The first kappa shape index (κ1) is 13.9. The number of nitrogens with one attached hydrogen (secondary N) is 2. The summed E-state index contributed by atoms with van der Waals surface area (Å²) in [6, 6.07) is 6.77. The van der Waals surface area contributed by atoms with Crippen LogP contribution in [0.1, 0.15) is 18.6 Å². The first-order chi connectivity index (χ1) is 9.67. The van der Waals surface area contributed by atoms with Gasteiger partial charge in [-0.25, -0.2) is 4.79 Å². The number of ether oxygens (including phenoxy) is 1. The molecular weight excluding hydrogens is 260 g/mol. The quantitative estimate of drug-likeness (QED) is 0.872. The average molecular weight is 276 g/mol. The van der Waals surface area contributed by atoms with Gasteiger partial charge in [-0.15, -0.1) is 0 Å². The highest BCUT2D eigenvalue weighted by molar-refractivity contribution is 5.89. The number of anilines is 1. The van der Waals surface area contributed by atoms with E-state index in [1.165, 1.54) is 0 Å². The summed E-state index contributed by atoms with van der Waals surface area (Å²) < 4.78 is 10.2. The van der Waals surface area contributed by atoms with Crippen LogP contribution in [0.25, 0.3) is 0 Å². The van der Waals surface area contributed by atoms with E-state index in [0.717, 1.165) is 5.75 Å². The number of aryl methyl sites for hydroxylation is 1. The normalized spacial score (nSPS) is 10.1. The summed E-state index contributed by atoms with van der Waals surface area (Å²) in [5.41, 5.74) is 0.674. The van der Waals surface area contributed by atoms with Gasteiger partial charge in [0.15, 0.2) is 5.82 Å². The van der Waals surface area contributed by atoms with Crippen molar-refractivity contribution in [2.24, 2.45) is 0 Å². The summed E-state index contributed by atoms with van der Waals surface area (Å²) in [5.74, 6) is 1.66. The maximum atomic E-state index is 11.7. The van der Waals surface area contributed by atoms with Gasteiger partial charge in [0.25, 0.3) is 0 Å². The molecule has 0 fully saturated rings. The van der Waals surface area contributed by atoms with Gasteiger partial charge in [0, 0.05) is 5.69 Å². The number of nitrogens with zero attached hydrogens (tertiary/aromatic N) is 2. The zero-order valence-corrected chi connectivity index (χ0v) is 11.3. The van der Waals surface area contributed by atoms with Crippen LogP contribution in [0.4, 0.5) is 10.5 Å². The molecule has 1 aromatic carbocycles. The molecule has 20 heavy (non-hydrogen) atoms. The largest absolute Gasteiger partial charge is 0.494 e. The van der Waals surface area contributed by atoms with Crippen LogP contribution in [-0.4, -0.2) is 22.8 Å². The topological polar surface area (TPSA) is 89.3 Å². The minimum atomic E-state index is -0.343. The second-order valence-corrected chi connectivity index (χ2v) is 4.00. The van der Waals surface area contributed by atoms with Crippen molar-refractivity contribution in [3.8, 4) is 5.75 Å². The minimum Gasteiger partial charge on any atom is -0.494 e. The summed E-state index contributed by atoms with van der Waals surface area (Å²) in [6.07, 6.45) is 0. The molecule has 1 heterocycles. The summed E-state index contributed by atoms with van der Waals surface area (Å²) in [6.45, 7) is 4.42. The van der Waals surface area contributed by atoms with Gasteiger partial charge in [0.2, 0.25) is 5.89 Å². The van der Waals surface area contributed by atoms with Crippen molar-refractivity contribution in [3.63, 3.8) is 0 Å². The Balaban J connectivity index is 1.81. The number of carbonyl (C=O) groups excluding carboxylic acids is 1. The molecule has 0 saturated carbocycles. The number of rotatable bonds is 5. The molecule has 0 aliphatic heterocycles. The monoisotopic (exact) mass is 276 g/mol. The smallest absolute Gasteiger partial charge is 0.319 e. The van der Waals surface area contributed by atoms with Crippen LogP contribution < -0.4 is 15.4 Å². The summed E-state index contributed by atoms with van der Waals surface area (Å²) in [7, 11) is 0. The third-order valence-corrected chi connectivity index (χ3v) is 2.39. The third-order valence-electron chi connectivity index (χ3n) is 2.39. The van der Waals surface area contributed by atoms with Crippen LogP contribution in [0.2, 0.25) is 0 Å². The number of amides is 2. The molecule has 0 unspecified atom stereocenters. The highest BCUT2D eigenvalue weighted by Gasteiger charge is 2.06. The van der Waals surface area contributed by atoms with Gasteiger partial charge in [-0.05, 0) is 38.1 Å². The Morgan fingerprint density at radius 1 is 1.35 bits per heavy atom. The Hall–Kier alpha value is -2.57. The predicted molar refractivity (Wildman–Crippen MR) is 72.5 cm³/mol. The van der Waals surface area contributed by atoms with E-state index in [4.69, 9.17) is 9.26 Å². The zero-order valence-electron chi connectivity index (χ0n) is 11.3. The zero-order chi connectivity index (χ0) is 14.4. The second-order valence-electron chi connectivity index (χ2n) is 4.00. The predicted octanol–water partition coefficient (Wildman–Crippen LogP) is 2.10. The Kier molecular flexibility index (Phi) is 4.54. The van der Waals surface area contributed by atoms with Crippen molar-refractivity contribution in [2.45, 2.75) is 20.4 Å². The van der Waals surface area contributed by atoms with Crippen molar-refractivity contribution in [1.29, 1.82) is 0 Å². The van der Waals surface area contributed by atoms with E-state index in [1.807, 2.05) is 6.92 Å². The second kappa shape index (κ2) is 6.55. The highest BCUT2D eigenvalue weighted by Crippen LogP contribution is 2.15. The highest BCUT2D eigenvalue weighted by atomic mass is 16.5. The number of benzene rings is 1. The summed E-state index contributed by atoms with van der Waals surface area (Å²) >= 11 is 0. The molecule has 2 N–H and O–H groups in total. The molecular formula is C13H16N4O3. The van der Waals surface area contributed by atoms with E-state index in [0.29, 0.717) is 24.0 Å². The number of hydrogen-bond donors (Lipinski definition) is 2. The number of carbonyl (C=O) groups is 1. The maximum Gasteiger partial charge on any atom is 0.319 e. The van der Waals surface area contributed by atoms with Gasteiger partial charge in [-0.3, -0.25) is 0 Å². The van der Waals surface area contributed by atoms with Crippen LogP contribution in [-0.2, 0) is 6.54 Å². The first-order valence-corrected chi connectivity index (χ1v) is 6.24. The molecule has 0 bridgehead atoms. The molecule has 2 rings (SSSR count). The van der Waals surface area contributed by atoms with E-state index in [9.17, 15) is 4.79 Å². The standard InChI is InChI=1S/C13H16N4O3/c1-3-19-11-6-4-10(5-7-11)16-13(18)14-8-12-15-9(2)17-20-12/h4-7H,3,8H2,1-2H3,(H2,14,16,18). The van der Waals surface area contributed by atoms with Gasteiger partial charge < -0.3 is 19.9 Å². The molecule has 0 aliphatic carbocycles. The molecule has 2 aromatic rings. The lowest BCUT2D eigenvalue weighted by atomic mass is 10.3. The Bertz CT molecular complexity index is 565. The molecule has 7 heteroatoms. The van der Waals surface area contributed by atoms with Gasteiger partial charge in [-0.2, -0.15) is 4.98 Å². The van der Waals surface area contributed by atoms with Crippen LogP contribution in [0.5, 0.6) is 5.75 Å². The number of urea groups is 1. The minimum absolute atomic E-state index is 0.184. The van der Waals surface area contributed by atoms with Gasteiger partial charge >= 0.3 is 6.03 Å². The van der Waals surface area contributed by atoms with E-state index in [1.54, 1.807) is 31.2 Å². The van der Waals surface area contributed by atoms with Crippen molar-refractivity contribution in [3.05, 3.63) is 36.0 Å². The SMILES string of the molecule is CCOc1ccc(NC(=O)NCc2nc(C)no2)cc1. The van der Waals surface area contributed by atoms with Gasteiger partial charge in [0.1, 0.15) is 5.75 Å². The van der Waals surface area contributed by atoms with Crippen LogP contribution in [0, 0.1) is 6.92 Å². The van der Waals surface area contributed by atoms with Gasteiger partial charge in [0.05, 0.1) is 13.2 Å². The van der Waals surface area contributed by atoms with Gasteiger partial charge in [-0.1, -0.05) is 5.16 Å². The molecule has 106 valence electrons. The van der Waals surface area contributed by atoms with Crippen molar-refractivity contribution >= 4 is 11.7 Å². The Morgan fingerprint density at radius 2 is 2.10 bits per heavy atom. The van der Waals surface area contributed by atoms with Crippen LogP contribution in [0.15, 0.2) is 28.8 Å². The molecule has 0 atom stereocenters. The Morgan fingerprint density at radius 3 is 2.70 bits per heavy atom. The Labute approximate surface area is 116 Å². The third kappa shape index (κ3) is 3.98. The molecule has 0 radical (unpaired) electrons. The van der Waals surface area contributed by atoms with Crippen molar-refractivity contribution in [2.75, 3.05) is 11.9 Å². The molecule has 7 nitrogen and oxygen atoms in total. The average Bonchev–Trinajstić information content (AvgIpc) is 2.85. The fraction of sp³-hybridized carbons (Fsp3) is 0.308. The van der Waals surface area contributed by atoms with E-state index >= 15 is 0 Å². The number of hydrogen-bond acceptors (Lipinski definition) is 5. The molecule has 0 aliphatic rings. The summed E-state index contributed by atoms with van der Waals surface area (Å²) in [5, 5.41) is 8.95. The molecule has 2 amide bonds. The van der Waals surface area contributed by atoms with Crippen LogP contribution in [0.3, 0.4) is 0 Å². The lowest BCUT2D eigenvalue weighted by Gasteiger charge is -2.07. The molecule has 0 spiro atoms. The first-order valence-electron chi connectivity index (χ1n) is 6.24. The fourth-order valence-electron chi connectivity index (χ4n) is 1.54. The van der Waals surface area contributed by atoms with E-state index in [2.05, 4.69) is 20.8 Å². The molecule has 1 aromatic heterocycles.